The molecule has 0 aliphatic rings. The molecule has 0 heterocycles. The summed E-state index contributed by atoms with van der Waals surface area (Å²) in [6, 6.07) is 16.1. The van der Waals surface area contributed by atoms with Crippen molar-refractivity contribution < 1.29 is 19.0 Å². The summed E-state index contributed by atoms with van der Waals surface area (Å²) < 4.78 is 15.6. The van der Waals surface area contributed by atoms with Crippen LogP contribution in [0.15, 0.2) is 71.4 Å². The van der Waals surface area contributed by atoms with E-state index in [0.717, 1.165) is 6.08 Å². The van der Waals surface area contributed by atoms with Crippen LogP contribution in [0.5, 0.6) is 5.75 Å². The van der Waals surface area contributed by atoms with Crippen molar-refractivity contribution in [3.63, 3.8) is 0 Å². The van der Waals surface area contributed by atoms with Gasteiger partial charge < -0.3 is 14.2 Å². The molecule has 0 N–H and O–H groups in total. The quantitative estimate of drug-likeness (QED) is 0.273. The number of ether oxygens (including phenoxy) is 3. The minimum absolute atomic E-state index is 0.184. The van der Waals surface area contributed by atoms with Crippen molar-refractivity contribution in [3.05, 3.63) is 66.7 Å². The van der Waals surface area contributed by atoms with Crippen LogP contribution < -0.4 is 4.74 Å². The Morgan fingerprint density at radius 3 is 2.15 bits per heavy atom. The fraction of sp³-hybridized carbons (Fsp3) is 0.200. The van der Waals surface area contributed by atoms with Crippen LogP contribution in [0.1, 0.15) is 5.56 Å². The molecule has 0 unspecified atom stereocenters. The molecule has 0 saturated heterocycles. The zero-order chi connectivity index (χ0) is 19.3. The highest BCUT2D eigenvalue weighted by Crippen LogP contribution is 2.21. The van der Waals surface area contributed by atoms with Crippen LogP contribution in [0, 0.1) is 11.3 Å². The summed E-state index contributed by atoms with van der Waals surface area (Å²) in [5, 5.41) is 17.0. The minimum Gasteiger partial charge on any atom is -0.491 e. The van der Waals surface area contributed by atoms with E-state index in [2.05, 4.69) is 22.9 Å². The van der Waals surface area contributed by atoms with Gasteiger partial charge in [0.25, 0.3) is 0 Å². The van der Waals surface area contributed by atoms with E-state index in [-0.39, 0.29) is 6.61 Å². The van der Waals surface area contributed by atoms with Gasteiger partial charge in [0.2, 0.25) is 0 Å². The number of hydrogen-bond acceptors (Lipinski definition) is 7. The van der Waals surface area contributed by atoms with Crippen LogP contribution in [-0.4, -0.2) is 32.4 Å². The standard InChI is InChI=1S/C20H19N3O4/c1-2-20(24)27-14-12-25-11-13-26-19-9-7-18(8-10-19)23-22-17-5-3-16(15-21)4-6-17/h2-10H,1,11-14H2. The Balaban J connectivity index is 1.68. The molecule has 0 aliphatic carbocycles. The van der Waals surface area contributed by atoms with E-state index in [0.29, 0.717) is 42.5 Å². The lowest BCUT2D eigenvalue weighted by Gasteiger charge is -2.07. The monoisotopic (exact) mass is 365 g/mol. The van der Waals surface area contributed by atoms with E-state index in [9.17, 15) is 4.79 Å². The largest absolute Gasteiger partial charge is 0.491 e. The summed E-state index contributed by atoms with van der Waals surface area (Å²) in [4.78, 5) is 10.8. The molecule has 7 heteroatoms. The number of carbonyl (C=O) groups excluding carboxylic acids is 1. The highest BCUT2D eigenvalue weighted by molar-refractivity contribution is 5.81. The predicted octanol–water partition coefficient (Wildman–Crippen LogP) is 4.10. The van der Waals surface area contributed by atoms with Gasteiger partial charge in [0.1, 0.15) is 19.0 Å². The first-order valence-corrected chi connectivity index (χ1v) is 8.23. The van der Waals surface area contributed by atoms with Gasteiger partial charge in [0.15, 0.2) is 0 Å². The van der Waals surface area contributed by atoms with Gasteiger partial charge in [-0.25, -0.2) is 4.79 Å². The van der Waals surface area contributed by atoms with E-state index in [1.54, 1.807) is 48.5 Å². The second-order valence-electron chi connectivity index (χ2n) is 5.19. The van der Waals surface area contributed by atoms with Gasteiger partial charge in [-0.05, 0) is 48.5 Å². The molecular formula is C20H19N3O4. The molecule has 2 aromatic carbocycles. The van der Waals surface area contributed by atoms with Gasteiger partial charge in [-0.1, -0.05) is 6.58 Å². The maximum atomic E-state index is 10.8. The van der Waals surface area contributed by atoms with Crippen LogP contribution >= 0.6 is 0 Å². The Labute approximate surface area is 157 Å². The summed E-state index contributed by atoms with van der Waals surface area (Å²) in [7, 11) is 0. The van der Waals surface area contributed by atoms with E-state index >= 15 is 0 Å². The number of nitriles is 1. The SMILES string of the molecule is C=CC(=O)OCCOCCOc1ccc(N=Nc2ccc(C#N)cc2)cc1. The van der Waals surface area contributed by atoms with Crippen LogP contribution in [0.25, 0.3) is 0 Å². The van der Waals surface area contributed by atoms with Crippen LogP contribution in [0.3, 0.4) is 0 Å². The van der Waals surface area contributed by atoms with E-state index < -0.39 is 5.97 Å². The van der Waals surface area contributed by atoms with Crippen LogP contribution in [0.4, 0.5) is 11.4 Å². The lowest BCUT2D eigenvalue weighted by atomic mass is 10.2. The highest BCUT2D eigenvalue weighted by Gasteiger charge is 1.98. The van der Waals surface area contributed by atoms with Crippen molar-refractivity contribution in [2.45, 2.75) is 0 Å². The first kappa shape index (κ1) is 19.8. The third-order valence-electron chi connectivity index (χ3n) is 3.25. The number of hydrogen-bond donors (Lipinski definition) is 0. The van der Waals surface area contributed by atoms with Gasteiger partial charge in [-0.2, -0.15) is 15.5 Å². The third kappa shape index (κ3) is 7.50. The van der Waals surface area contributed by atoms with Gasteiger partial charge in [-0.3, -0.25) is 0 Å². The molecule has 0 radical (unpaired) electrons. The Hall–Kier alpha value is -3.50. The molecule has 0 aromatic heterocycles. The summed E-state index contributed by atoms with van der Waals surface area (Å²) >= 11 is 0. The number of benzene rings is 2. The summed E-state index contributed by atoms with van der Waals surface area (Å²) in [6.45, 7) is 4.55. The number of nitrogens with zero attached hydrogens (tertiary/aromatic N) is 3. The summed E-state index contributed by atoms with van der Waals surface area (Å²) in [6.07, 6.45) is 1.11. The summed E-state index contributed by atoms with van der Waals surface area (Å²) in [5.41, 5.74) is 1.94. The van der Waals surface area contributed by atoms with Crippen molar-refractivity contribution in [2.75, 3.05) is 26.4 Å². The molecule has 0 fully saturated rings. The van der Waals surface area contributed by atoms with Gasteiger partial charge in [0, 0.05) is 6.08 Å². The molecule has 0 aliphatic heterocycles. The average Bonchev–Trinajstić information content (AvgIpc) is 2.72. The number of rotatable bonds is 10. The normalized spacial score (nSPS) is 10.3. The number of carbonyl (C=O) groups is 1. The first-order valence-electron chi connectivity index (χ1n) is 8.23. The van der Waals surface area contributed by atoms with Crippen molar-refractivity contribution in [3.8, 4) is 11.8 Å². The molecule has 0 amide bonds. The van der Waals surface area contributed by atoms with E-state index in [1.165, 1.54) is 0 Å². The van der Waals surface area contributed by atoms with E-state index in [4.69, 9.17) is 19.5 Å². The van der Waals surface area contributed by atoms with Crippen molar-refractivity contribution in [2.24, 2.45) is 10.2 Å². The molecule has 0 spiro atoms. The molecule has 2 rings (SSSR count). The Kier molecular flexibility index (Phi) is 8.21. The van der Waals surface area contributed by atoms with E-state index in [1.807, 2.05) is 0 Å². The second-order valence-corrected chi connectivity index (χ2v) is 5.19. The zero-order valence-corrected chi connectivity index (χ0v) is 14.7. The van der Waals surface area contributed by atoms with Crippen molar-refractivity contribution in [1.29, 1.82) is 5.26 Å². The molecule has 27 heavy (non-hydrogen) atoms. The zero-order valence-electron chi connectivity index (χ0n) is 14.7. The fourth-order valence-electron chi connectivity index (χ4n) is 1.91. The molecule has 138 valence electrons. The average molecular weight is 365 g/mol. The smallest absolute Gasteiger partial charge is 0.330 e. The lowest BCUT2D eigenvalue weighted by molar-refractivity contribution is -0.139. The second kappa shape index (κ2) is 11.2. The Bertz CT molecular complexity index is 809. The molecule has 7 nitrogen and oxygen atoms in total. The van der Waals surface area contributed by atoms with Crippen molar-refractivity contribution in [1.82, 2.24) is 0 Å². The minimum atomic E-state index is -0.466. The molecule has 0 saturated carbocycles. The molecular weight excluding hydrogens is 346 g/mol. The summed E-state index contributed by atoms with van der Waals surface area (Å²) in [5.74, 6) is 0.222. The maximum Gasteiger partial charge on any atom is 0.330 e. The van der Waals surface area contributed by atoms with Crippen molar-refractivity contribution >= 4 is 17.3 Å². The van der Waals surface area contributed by atoms with Crippen LogP contribution in [-0.2, 0) is 14.3 Å². The van der Waals surface area contributed by atoms with Gasteiger partial charge >= 0.3 is 5.97 Å². The maximum absolute atomic E-state index is 10.8. The number of azo groups is 1. The Morgan fingerprint density at radius 2 is 1.56 bits per heavy atom. The third-order valence-corrected chi connectivity index (χ3v) is 3.25. The number of esters is 1. The van der Waals surface area contributed by atoms with Gasteiger partial charge in [0.05, 0.1) is 36.2 Å². The molecule has 0 atom stereocenters. The Morgan fingerprint density at radius 1 is 0.963 bits per heavy atom. The lowest BCUT2D eigenvalue weighted by Crippen LogP contribution is -2.12. The van der Waals surface area contributed by atoms with Gasteiger partial charge in [-0.15, -0.1) is 0 Å². The van der Waals surface area contributed by atoms with Crippen LogP contribution in [0.2, 0.25) is 0 Å². The topological polar surface area (TPSA) is 93.3 Å². The molecule has 0 bridgehead atoms. The highest BCUT2D eigenvalue weighted by atomic mass is 16.6. The fourth-order valence-corrected chi connectivity index (χ4v) is 1.91. The first-order chi connectivity index (χ1) is 13.2. The predicted molar refractivity (Wildman–Crippen MR) is 99.2 cm³/mol. The molecule has 2 aromatic rings.